The van der Waals surface area contributed by atoms with E-state index in [1.54, 1.807) is 25.3 Å². The first-order valence-electron chi connectivity index (χ1n) is 3.49. The number of anilines is 1. The van der Waals surface area contributed by atoms with E-state index in [0.29, 0.717) is 17.8 Å². The van der Waals surface area contributed by atoms with E-state index in [0.717, 1.165) is 0 Å². The fraction of sp³-hybridized carbons (Fsp3) is 0.250. The van der Waals surface area contributed by atoms with Crippen LogP contribution in [0.5, 0.6) is 0 Å². The number of carbonyl (C=O) groups excluding carboxylic acids is 1. The standard InChI is InChI=1S/C8H10N2O.2ClH/c1-2-7(11)6-4-3-5-10-8(6)9;;/h3-5H,2H2,1H3,(H2,9,10);2*1H. The zero-order valence-electron chi connectivity index (χ0n) is 7.19. The molecule has 0 radical (unpaired) electrons. The van der Waals surface area contributed by atoms with Crippen molar-refractivity contribution in [3.63, 3.8) is 0 Å². The second-order valence-corrected chi connectivity index (χ2v) is 2.21. The summed E-state index contributed by atoms with van der Waals surface area (Å²) in [4.78, 5) is 14.9. The number of ketones is 1. The maximum Gasteiger partial charge on any atom is 0.166 e. The number of rotatable bonds is 2. The average molecular weight is 223 g/mol. The van der Waals surface area contributed by atoms with Crippen LogP contribution < -0.4 is 5.73 Å². The molecule has 5 heteroatoms. The van der Waals surface area contributed by atoms with Gasteiger partial charge in [0, 0.05) is 12.6 Å². The molecule has 3 nitrogen and oxygen atoms in total. The molecule has 0 aliphatic rings. The third kappa shape index (κ3) is 3.61. The average Bonchev–Trinajstić information content (AvgIpc) is 2.04. The normalized spacial score (nSPS) is 8.08. The summed E-state index contributed by atoms with van der Waals surface area (Å²) in [5.41, 5.74) is 5.99. The summed E-state index contributed by atoms with van der Waals surface area (Å²) < 4.78 is 0. The lowest BCUT2D eigenvalue weighted by Gasteiger charge is -1.99. The van der Waals surface area contributed by atoms with Gasteiger partial charge in [-0.3, -0.25) is 4.79 Å². The maximum absolute atomic E-state index is 11.1. The van der Waals surface area contributed by atoms with E-state index in [2.05, 4.69) is 4.98 Å². The van der Waals surface area contributed by atoms with Gasteiger partial charge < -0.3 is 5.73 Å². The van der Waals surface area contributed by atoms with Crippen LogP contribution in [0.1, 0.15) is 23.7 Å². The molecule has 1 heterocycles. The Morgan fingerprint density at radius 2 is 2.15 bits per heavy atom. The molecular formula is C8H12Cl2N2O. The van der Waals surface area contributed by atoms with Crippen LogP contribution in [0, 0.1) is 0 Å². The zero-order valence-corrected chi connectivity index (χ0v) is 8.82. The molecule has 0 spiro atoms. The van der Waals surface area contributed by atoms with Gasteiger partial charge >= 0.3 is 0 Å². The summed E-state index contributed by atoms with van der Waals surface area (Å²) in [5.74, 6) is 0.356. The van der Waals surface area contributed by atoms with Gasteiger partial charge in [-0.2, -0.15) is 0 Å². The van der Waals surface area contributed by atoms with E-state index in [9.17, 15) is 4.79 Å². The van der Waals surface area contributed by atoms with Gasteiger partial charge in [0.25, 0.3) is 0 Å². The minimum absolute atomic E-state index is 0. The Morgan fingerprint density at radius 1 is 1.54 bits per heavy atom. The van der Waals surface area contributed by atoms with Crippen molar-refractivity contribution in [3.8, 4) is 0 Å². The van der Waals surface area contributed by atoms with Crippen LogP contribution in [0.25, 0.3) is 0 Å². The second-order valence-electron chi connectivity index (χ2n) is 2.21. The minimum Gasteiger partial charge on any atom is -0.383 e. The van der Waals surface area contributed by atoms with Gasteiger partial charge in [0.15, 0.2) is 5.78 Å². The first kappa shape index (κ1) is 14.7. The summed E-state index contributed by atoms with van der Waals surface area (Å²) in [6, 6.07) is 3.40. The van der Waals surface area contributed by atoms with Crippen LogP contribution in [-0.4, -0.2) is 10.8 Å². The van der Waals surface area contributed by atoms with Gasteiger partial charge in [-0.25, -0.2) is 4.98 Å². The molecule has 1 aromatic heterocycles. The Bertz CT molecular complexity index is 279. The molecular weight excluding hydrogens is 211 g/mol. The van der Waals surface area contributed by atoms with Crippen LogP contribution in [0.2, 0.25) is 0 Å². The number of pyridine rings is 1. The molecule has 0 amide bonds. The van der Waals surface area contributed by atoms with Crippen molar-refractivity contribution in [3.05, 3.63) is 23.9 Å². The van der Waals surface area contributed by atoms with E-state index >= 15 is 0 Å². The van der Waals surface area contributed by atoms with E-state index < -0.39 is 0 Å². The monoisotopic (exact) mass is 222 g/mol. The molecule has 0 saturated heterocycles. The number of nitrogen functional groups attached to an aromatic ring is 1. The van der Waals surface area contributed by atoms with Gasteiger partial charge in [0.2, 0.25) is 0 Å². The van der Waals surface area contributed by atoms with Gasteiger partial charge in [0.05, 0.1) is 5.56 Å². The summed E-state index contributed by atoms with van der Waals surface area (Å²) in [7, 11) is 0. The molecule has 0 atom stereocenters. The maximum atomic E-state index is 11.1. The highest BCUT2D eigenvalue weighted by Crippen LogP contribution is 2.08. The largest absolute Gasteiger partial charge is 0.383 e. The Kier molecular flexibility index (Phi) is 7.57. The predicted molar refractivity (Wildman–Crippen MR) is 57.8 cm³/mol. The van der Waals surface area contributed by atoms with Crippen LogP contribution >= 0.6 is 24.8 Å². The zero-order chi connectivity index (χ0) is 8.27. The molecule has 2 N–H and O–H groups in total. The molecule has 0 saturated carbocycles. The number of hydrogen-bond acceptors (Lipinski definition) is 3. The molecule has 0 aromatic carbocycles. The summed E-state index contributed by atoms with van der Waals surface area (Å²) >= 11 is 0. The highest BCUT2D eigenvalue weighted by molar-refractivity contribution is 5.99. The molecule has 0 aliphatic carbocycles. The van der Waals surface area contributed by atoms with Crippen LogP contribution in [-0.2, 0) is 0 Å². The van der Waals surface area contributed by atoms with E-state index in [-0.39, 0.29) is 30.6 Å². The van der Waals surface area contributed by atoms with Crippen LogP contribution in [0.3, 0.4) is 0 Å². The van der Waals surface area contributed by atoms with E-state index in [1.165, 1.54) is 0 Å². The topological polar surface area (TPSA) is 56.0 Å². The lowest BCUT2D eigenvalue weighted by molar-refractivity contribution is 0.0989. The number of halogens is 2. The number of nitrogens with two attached hydrogens (primary N) is 1. The molecule has 74 valence electrons. The molecule has 0 fully saturated rings. The highest BCUT2D eigenvalue weighted by Gasteiger charge is 2.05. The Labute approximate surface area is 89.6 Å². The van der Waals surface area contributed by atoms with Crippen molar-refractivity contribution in [2.24, 2.45) is 0 Å². The lowest BCUT2D eigenvalue weighted by Crippen LogP contribution is -2.03. The van der Waals surface area contributed by atoms with Gasteiger partial charge in [-0.15, -0.1) is 24.8 Å². The molecule has 0 aliphatic heterocycles. The van der Waals surface area contributed by atoms with Crippen molar-refractivity contribution in [1.82, 2.24) is 4.98 Å². The SMILES string of the molecule is CCC(=O)c1cccnc1N.Cl.Cl. The number of hydrogen-bond donors (Lipinski definition) is 1. The molecule has 0 unspecified atom stereocenters. The fourth-order valence-corrected chi connectivity index (χ4v) is 0.844. The number of aromatic nitrogens is 1. The second kappa shape index (κ2) is 6.69. The summed E-state index contributed by atoms with van der Waals surface area (Å²) in [6.07, 6.45) is 2.04. The Morgan fingerprint density at radius 3 is 2.62 bits per heavy atom. The van der Waals surface area contributed by atoms with E-state index in [4.69, 9.17) is 5.73 Å². The van der Waals surface area contributed by atoms with E-state index in [1.807, 2.05) is 0 Å². The fourth-order valence-electron chi connectivity index (χ4n) is 0.844. The highest BCUT2D eigenvalue weighted by atomic mass is 35.5. The van der Waals surface area contributed by atoms with Crippen molar-refractivity contribution in [2.75, 3.05) is 5.73 Å². The molecule has 0 bridgehead atoms. The molecule has 1 aromatic rings. The number of carbonyl (C=O) groups is 1. The van der Waals surface area contributed by atoms with Crippen LogP contribution in [0.15, 0.2) is 18.3 Å². The molecule has 1 rings (SSSR count). The summed E-state index contributed by atoms with van der Waals surface area (Å²) in [6.45, 7) is 1.80. The van der Waals surface area contributed by atoms with Crippen LogP contribution in [0.4, 0.5) is 5.82 Å². The first-order chi connectivity index (χ1) is 5.25. The van der Waals surface area contributed by atoms with Crippen molar-refractivity contribution >= 4 is 36.4 Å². The predicted octanol–water partition coefficient (Wildman–Crippen LogP) is 2.10. The number of nitrogens with zero attached hydrogens (tertiary/aromatic N) is 1. The smallest absolute Gasteiger partial charge is 0.166 e. The minimum atomic E-state index is 0. The third-order valence-corrected chi connectivity index (χ3v) is 1.46. The van der Waals surface area contributed by atoms with Gasteiger partial charge in [-0.05, 0) is 12.1 Å². The van der Waals surface area contributed by atoms with Gasteiger partial charge in [-0.1, -0.05) is 6.92 Å². The quantitative estimate of drug-likeness (QED) is 0.781. The van der Waals surface area contributed by atoms with Crippen molar-refractivity contribution in [1.29, 1.82) is 0 Å². The third-order valence-electron chi connectivity index (χ3n) is 1.46. The number of Topliss-reactive ketones (excluding diaryl/α,β-unsaturated/α-hetero) is 1. The Hall–Kier alpha value is -0.800. The Balaban J connectivity index is 0. The summed E-state index contributed by atoms with van der Waals surface area (Å²) in [5, 5.41) is 0. The van der Waals surface area contributed by atoms with Crippen molar-refractivity contribution < 1.29 is 4.79 Å². The van der Waals surface area contributed by atoms with Crippen molar-refractivity contribution in [2.45, 2.75) is 13.3 Å². The first-order valence-corrected chi connectivity index (χ1v) is 3.49. The molecule has 13 heavy (non-hydrogen) atoms. The van der Waals surface area contributed by atoms with Gasteiger partial charge in [0.1, 0.15) is 5.82 Å². The lowest BCUT2D eigenvalue weighted by atomic mass is 10.1.